The minimum Gasteiger partial charge on any atom is -0.376 e. The summed E-state index contributed by atoms with van der Waals surface area (Å²) in [6.07, 6.45) is 0.221. The molecule has 1 aromatic rings. The van der Waals surface area contributed by atoms with Crippen LogP contribution >= 0.6 is 0 Å². The van der Waals surface area contributed by atoms with Gasteiger partial charge in [-0.25, -0.2) is 0 Å². The fourth-order valence-corrected chi connectivity index (χ4v) is 2.18. The van der Waals surface area contributed by atoms with Crippen molar-refractivity contribution in [3.63, 3.8) is 0 Å². The predicted octanol–water partition coefficient (Wildman–Crippen LogP) is 1.84. The molecule has 1 heterocycles. The molecule has 0 saturated carbocycles. The lowest BCUT2D eigenvalue weighted by atomic mass is 10.1. The largest absolute Gasteiger partial charge is 0.376 e. The van der Waals surface area contributed by atoms with Crippen LogP contribution in [0.4, 0.5) is 0 Å². The Morgan fingerprint density at radius 2 is 2.24 bits per heavy atom. The van der Waals surface area contributed by atoms with Crippen molar-refractivity contribution in [1.82, 2.24) is 4.90 Å². The number of benzene rings is 1. The van der Waals surface area contributed by atoms with Crippen molar-refractivity contribution >= 4 is 0 Å². The van der Waals surface area contributed by atoms with Crippen LogP contribution < -0.4 is 0 Å². The van der Waals surface area contributed by atoms with E-state index in [-0.39, 0.29) is 6.10 Å². The Morgan fingerprint density at radius 3 is 2.94 bits per heavy atom. The van der Waals surface area contributed by atoms with Gasteiger partial charge in [-0.1, -0.05) is 29.8 Å². The van der Waals surface area contributed by atoms with E-state index in [1.807, 2.05) is 0 Å². The maximum atomic E-state index is 5.64. The van der Waals surface area contributed by atoms with Crippen LogP contribution in [0, 0.1) is 6.92 Å². The lowest BCUT2D eigenvalue weighted by Gasteiger charge is -2.27. The van der Waals surface area contributed by atoms with E-state index >= 15 is 0 Å². The second-order valence-electron chi connectivity index (χ2n) is 4.75. The number of nitrogens with zero attached hydrogens (tertiary/aromatic N) is 1. The van der Waals surface area contributed by atoms with Gasteiger partial charge in [-0.15, -0.1) is 0 Å². The number of aryl methyl sites for hydroxylation is 1. The molecule has 0 unspecified atom stereocenters. The van der Waals surface area contributed by atoms with Gasteiger partial charge in [-0.3, -0.25) is 4.90 Å². The van der Waals surface area contributed by atoms with Gasteiger partial charge in [-0.05, 0) is 19.5 Å². The van der Waals surface area contributed by atoms with Gasteiger partial charge >= 0.3 is 0 Å². The van der Waals surface area contributed by atoms with Crippen molar-refractivity contribution < 1.29 is 9.47 Å². The van der Waals surface area contributed by atoms with Crippen molar-refractivity contribution in [2.75, 3.05) is 33.4 Å². The van der Waals surface area contributed by atoms with Gasteiger partial charge in [0, 0.05) is 13.1 Å². The molecule has 1 saturated heterocycles. The molecule has 0 bridgehead atoms. The summed E-state index contributed by atoms with van der Waals surface area (Å²) in [4.78, 5) is 2.29. The molecule has 0 N–H and O–H groups in total. The van der Waals surface area contributed by atoms with E-state index in [9.17, 15) is 0 Å². The maximum Gasteiger partial charge on any atom is 0.0936 e. The first kappa shape index (κ1) is 12.6. The smallest absolute Gasteiger partial charge is 0.0936 e. The highest BCUT2D eigenvalue weighted by Crippen LogP contribution is 2.08. The third-order valence-electron chi connectivity index (χ3n) is 2.94. The Bertz CT molecular complexity index is 348. The molecule has 1 aliphatic heterocycles. The fraction of sp³-hybridized carbons (Fsp3) is 0.571. The summed E-state index contributed by atoms with van der Waals surface area (Å²) < 4.78 is 11.0. The molecule has 1 atom stereocenters. The first-order valence-corrected chi connectivity index (χ1v) is 6.17. The van der Waals surface area contributed by atoms with E-state index < -0.39 is 0 Å². The minimum atomic E-state index is 0.221. The molecular formula is C14H21NO2. The van der Waals surface area contributed by atoms with Gasteiger partial charge < -0.3 is 9.47 Å². The van der Waals surface area contributed by atoms with E-state index in [4.69, 9.17) is 9.47 Å². The minimum absolute atomic E-state index is 0.221. The summed E-state index contributed by atoms with van der Waals surface area (Å²) >= 11 is 0. The summed E-state index contributed by atoms with van der Waals surface area (Å²) in [7, 11) is 2.13. The van der Waals surface area contributed by atoms with Crippen molar-refractivity contribution in [3.8, 4) is 0 Å². The van der Waals surface area contributed by atoms with Crippen LogP contribution in [-0.4, -0.2) is 44.4 Å². The highest BCUT2D eigenvalue weighted by atomic mass is 16.6. The first-order valence-electron chi connectivity index (χ1n) is 6.17. The van der Waals surface area contributed by atoms with Gasteiger partial charge in [0.1, 0.15) is 0 Å². The molecular weight excluding hydrogens is 214 g/mol. The predicted molar refractivity (Wildman–Crippen MR) is 68.1 cm³/mol. The Balaban J connectivity index is 1.82. The van der Waals surface area contributed by atoms with E-state index in [1.165, 1.54) is 11.1 Å². The molecule has 0 amide bonds. The Hall–Kier alpha value is -0.900. The normalized spacial score (nSPS) is 20.8. The second kappa shape index (κ2) is 6.15. The van der Waals surface area contributed by atoms with Crippen LogP contribution in [0.25, 0.3) is 0 Å². The number of rotatable bonds is 4. The Kier molecular flexibility index (Phi) is 4.54. The zero-order valence-corrected chi connectivity index (χ0v) is 10.7. The fourth-order valence-electron chi connectivity index (χ4n) is 2.18. The SMILES string of the molecule is Cc1cccc(CN(C)C[C@@H]2COCCO2)c1. The number of ether oxygens (including phenoxy) is 2. The van der Waals surface area contributed by atoms with Gasteiger partial charge in [0.15, 0.2) is 0 Å². The lowest BCUT2D eigenvalue weighted by Crippen LogP contribution is -2.38. The first-order chi connectivity index (χ1) is 8.24. The molecule has 1 aliphatic rings. The number of likely N-dealkylation sites (N-methyl/N-ethyl adjacent to an activating group) is 1. The molecule has 1 fully saturated rings. The molecule has 2 rings (SSSR count). The number of hydrogen-bond donors (Lipinski definition) is 0. The topological polar surface area (TPSA) is 21.7 Å². The van der Waals surface area contributed by atoms with Crippen LogP contribution in [-0.2, 0) is 16.0 Å². The molecule has 0 aromatic heterocycles. The van der Waals surface area contributed by atoms with Crippen LogP contribution in [0.1, 0.15) is 11.1 Å². The third-order valence-corrected chi connectivity index (χ3v) is 2.94. The van der Waals surface area contributed by atoms with Crippen LogP contribution in [0.3, 0.4) is 0 Å². The summed E-state index contributed by atoms with van der Waals surface area (Å²) in [5, 5.41) is 0. The Labute approximate surface area is 103 Å². The van der Waals surface area contributed by atoms with Crippen LogP contribution in [0.2, 0.25) is 0 Å². The van der Waals surface area contributed by atoms with Gasteiger partial charge in [0.05, 0.1) is 25.9 Å². The van der Waals surface area contributed by atoms with E-state index in [2.05, 4.69) is 43.1 Å². The molecule has 1 aromatic carbocycles. The van der Waals surface area contributed by atoms with Crippen molar-refractivity contribution in [3.05, 3.63) is 35.4 Å². The third kappa shape index (κ3) is 4.11. The van der Waals surface area contributed by atoms with E-state index in [0.717, 1.165) is 32.9 Å². The standard InChI is InChI=1S/C14H21NO2/c1-12-4-3-5-13(8-12)9-15(2)10-14-11-16-6-7-17-14/h3-5,8,14H,6-7,9-11H2,1-2H3/t14-/m1/s1. The van der Waals surface area contributed by atoms with Gasteiger partial charge in [-0.2, -0.15) is 0 Å². The monoisotopic (exact) mass is 235 g/mol. The lowest BCUT2D eigenvalue weighted by molar-refractivity contribution is -0.0962. The average molecular weight is 235 g/mol. The molecule has 94 valence electrons. The molecule has 3 heteroatoms. The quantitative estimate of drug-likeness (QED) is 0.795. The molecule has 0 aliphatic carbocycles. The molecule has 17 heavy (non-hydrogen) atoms. The second-order valence-corrected chi connectivity index (χ2v) is 4.75. The zero-order chi connectivity index (χ0) is 12.1. The van der Waals surface area contributed by atoms with E-state index in [0.29, 0.717) is 0 Å². The molecule has 0 spiro atoms. The van der Waals surface area contributed by atoms with Crippen molar-refractivity contribution in [2.45, 2.75) is 19.6 Å². The molecule has 0 radical (unpaired) electrons. The average Bonchev–Trinajstić information content (AvgIpc) is 2.30. The summed E-state index contributed by atoms with van der Waals surface area (Å²) in [6, 6.07) is 8.64. The summed E-state index contributed by atoms with van der Waals surface area (Å²) in [6.45, 7) is 6.19. The Morgan fingerprint density at radius 1 is 1.35 bits per heavy atom. The van der Waals surface area contributed by atoms with Crippen molar-refractivity contribution in [1.29, 1.82) is 0 Å². The summed E-state index contributed by atoms with van der Waals surface area (Å²) in [5.41, 5.74) is 2.66. The van der Waals surface area contributed by atoms with Gasteiger partial charge in [0.25, 0.3) is 0 Å². The molecule has 3 nitrogen and oxygen atoms in total. The number of hydrogen-bond acceptors (Lipinski definition) is 3. The van der Waals surface area contributed by atoms with E-state index in [1.54, 1.807) is 0 Å². The highest BCUT2D eigenvalue weighted by Gasteiger charge is 2.16. The van der Waals surface area contributed by atoms with Crippen LogP contribution in [0.15, 0.2) is 24.3 Å². The highest BCUT2D eigenvalue weighted by molar-refractivity contribution is 5.21. The van der Waals surface area contributed by atoms with Gasteiger partial charge in [0.2, 0.25) is 0 Å². The van der Waals surface area contributed by atoms with Crippen molar-refractivity contribution in [2.24, 2.45) is 0 Å². The maximum absolute atomic E-state index is 5.64. The zero-order valence-electron chi connectivity index (χ0n) is 10.7. The van der Waals surface area contributed by atoms with Crippen LogP contribution in [0.5, 0.6) is 0 Å². The summed E-state index contributed by atoms with van der Waals surface area (Å²) in [5.74, 6) is 0.